The van der Waals surface area contributed by atoms with Crippen molar-refractivity contribution in [3.63, 3.8) is 0 Å². The van der Waals surface area contributed by atoms with Crippen LogP contribution in [-0.2, 0) is 9.84 Å². The van der Waals surface area contributed by atoms with E-state index in [1.54, 1.807) is 28.9 Å². The maximum Gasteiger partial charge on any atom is 0.175 e. The van der Waals surface area contributed by atoms with Crippen LogP contribution in [0.15, 0.2) is 41.4 Å². The third-order valence-electron chi connectivity index (χ3n) is 2.09. The van der Waals surface area contributed by atoms with Crippen LogP contribution in [0, 0.1) is 3.70 Å². The minimum Gasteiger partial charge on any atom is -0.240 e. The molecule has 0 amide bonds. The van der Waals surface area contributed by atoms with Crippen molar-refractivity contribution >= 4 is 32.4 Å². The SMILES string of the molecule is CS(=O)(=O)c1ccc(-n2ccc(I)n2)cc1. The van der Waals surface area contributed by atoms with Gasteiger partial charge in [0.25, 0.3) is 0 Å². The minimum atomic E-state index is -3.13. The predicted molar refractivity (Wildman–Crippen MR) is 69.4 cm³/mol. The van der Waals surface area contributed by atoms with E-state index in [4.69, 9.17) is 0 Å². The Morgan fingerprint density at radius 1 is 1.19 bits per heavy atom. The average molecular weight is 348 g/mol. The van der Waals surface area contributed by atoms with Gasteiger partial charge in [0.1, 0.15) is 3.70 Å². The number of sulfone groups is 1. The van der Waals surface area contributed by atoms with E-state index < -0.39 is 9.84 Å². The van der Waals surface area contributed by atoms with Crippen molar-refractivity contribution in [1.82, 2.24) is 9.78 Å². The second kappa shape index (κ2) is 4.17. The fourth-order valence-electron chi connectivity index (χ4n) is 1.29. The van der Waals surface area contributed by atoms with E-state index in [9.17, 15) is 8.42 Å². The summed E-state index contributed by atoms with van der Waals surface area (Å²) in [6.07, 6.45) is 3.02. The Bertz CT molecular complexity index is 602. The van der Waals surface area contributed by atoms with E-state index in [1.165, 1.54) is 6.26 Å². The van der Waals surface area contributed by atoms with Crippen molar-refractivity contribution in [2.45, 2.75) is 4.90 Å². The summed E-state index contributed by atoms with van der Waals surface area (Å²) in [5, 5.41) is 4.23. The van der Waals surface area contributed by atoms with Gasteiger partial charge in [-0.25, -0.2) is 13.1 Å². The van der Waals surface area contributed by atoms with Crippen LogP contribution in [0.1, 0.15) is 0 Å². The first kappa shape index (κ1) is 11.6. The molecule has 0 N–H and O–H groups in total. The van der Waals surface area contributed by atoms with Gasteiger partial charge >= 0.3 is 0 Å². The molecule has 0 saturated carbocycles. The molecule has 0 spiro atoms. The van der Waals surface area contributed by atoms with Crippen molar-refractivity contribution in [2.75, 3.05) is 6.26 Å². The van der Waals surface area contributed by atoms with Crippen molar-refractivity contribution in [2.24, 2.45) is 0 Å². The van der Waals surface area contributed by atoms with E-state index in [0.717, 1.165) is 9.39 Å². The molecule has 0 saturated heterocycles. The highest BCUT2D eigenvalue weighted by atomic mass is 127. The van der Waals surface area contributed by atoms with Crippen molar-refractivity contribution in [1.29, 1.82) is 0 Å². The fraction of sp³-hybridized carbons (Fsp3) is 0.100. The number of hydrogen-bond acceptors (Lipinski definition) is 3. The van der Waals surface area contributed by atoms with Gasteiger partial charge in [-0.15, -0.1) is 0 Å². The number of nitrogens with zero attached hydrogens (tertiary/aromatic N) is 2. The van der Waals surface area contributed by atoms with Crippen LogP contribution in [0.5, 0.6) is 0 Å². The zero-order valence-corrected chi connectivity index (χ0v) is 11.4. The van der Waals surface area contributed by atoms with Crippen LogP contribution in [0.2, 0.25) is 0 Å². The van der Waals surface area contributed by atoms with Crippen molar-refractivity contribution < 1.29 is 8.42 Å². The maximum atomic E-state index is 11.3. The van der Waals surface area contributed by atoms with Gasteiger partial charge in [-0.05, 0) is 52.9 Å². The third kappa shape index (κ3) is 2.43. The number of hydrogen-bond donors (Lipinski definition) is 0. The van der Waals surface area contributed by atoms with Gasteiger partial charge in [-0.2, -0.15) is 5.10 Å². The lowest BCUT2D eigenvalue weighted by Gasteiger charge is -2.02. The van der Waals surface area contributed by atoms with Crippen molar-refractivity contribution in [3.8, 4) is 5.69 Å². The minimum absolute atomic E-state index is 0.318. The first-order valence-corrected chi connectivity index (χ1v) is 7.45. The second-order valence-corrected chi connectivity index (χ2v) is 6.47. The van der Waals surface area contributed by atoms with E-state index in [2.05, 4.69) is 27.7 Å². The molecule has 16 heavy (non-hydrogen) atoms. The zero-order valence-electron chi connectivity index (χ0n) is 8.46. The quantitative estimate of drug-likeness (QED) is 0.779. The van der Waals surface area contributed by atoms with Gasteiger partial charge in [0.2, 0.25) is 0 Å². The number of halogens is 1. The molecule has 1 aromatic carbocycles. The van der Waals surface area contributed by atoms with Gasteiger partial charge in [0.05, 0.1) is 10.6 Å². The summed E-state index contributed by atoms with van der Waals surface area (Å²) in [4.78, 5) is 0.318. The Morgan fingerprint density at radius 2 is 1.81 bits per heavy atom. The number of benzene rings is 1. The summed E-state index contributed by atoms with van der Waals surface area (Å²) in [6, 6.07) is 8.52. The third-order valence-corrected chi connectivity index (χ3v) is 3.79. The molecule has 6 heteroatoms. The van der Waals surface area contributed by atoms with Gasteiger partial charge in [0, 0.05) is 12.5 Å². The molecule has 0 bridgehead atoms. The van der Waals surface area contributed by atoms with Gasteiger partial charge in [0.15, 0.2) is 9.84 Å². The molecule has 0 radical (unpaired) electrons. The smallest absolute Gasteiger partial charge is 0.175 e. The molecular formula is C10H9IN2O2S. The van der Waals surface area contributed by atoms with Crippen molar-refractivity contribution in [3.05, 3.63) is 40.2 Å². The average Bonchev–Trinajstić information content (AvgIpc) is 2.64. The molecule has 2 aromatic rings. The van der Waals surface area contributed by atoms with Crippen LogP contribution in [0.25, 0.3) is 5.69 Å². The lowest BCUT2D eigenvalue weighted by atomic mass is 10.3. The summed E-state index contributed by atoms with van der Waals surface area (Å²) in [6.45, 7) is 0. The Hall–Kier alpha value is -0.890. The van der Waals surface area contributed by atoms with Gasteiger partial charge in [-0.3, -0.25) is 0 Å². The topological polar surface area (TPSA) is 52.0 Å². The zero-order chi connectivity index (χ0) is 11.8. The molecule has 4 nitrogen and oxygen atoms in total. The summed E-state index contributed by atoms with van der Waals surface area (Å²) in [5.74, 6) is 0. The fourth-order valence-corrected chi connectivity index (χ4v) is 2.32. The summed E-state index contributed by atoms with van der Waals surface area (Å²) in [7, 11) is -3.13. The van der Waals surface area contributed by atoms with Crippen LogP contribution >= 0.6 is 22.6 Å². The maximum absolute atomic E-state index is 11.3. The molecule has 0 aliphatic rings. The van der Waals surface area contributed by atoms with Crippen LogP contribution in [-0.4, -0.2) is 24.5 Å². The molecule has 0 atom stereocenters. The highest BCUT2D eigenvalue weighted by Gasteiger charge is 2.06. The van der Waals surface area contributed by atoms with Crippen LogP contribution in [0.3, 0.4) is 0 Å². The Kier molecular flexibility index (Phi) is 3.02. The lowest BCUT2D eigenvalue weighted by Crippen LogP contribution is -1.99. The Labute approximate surface area is 107 Å². The van der Waals surface area contributed by atoms with Crippen LogP contribution < -0.4 is 0 Å². The largest absolute Gasteiger partial charge is 0.240 e. The monoisotopic (exact) mass is 348 g/mol. The predicted octanol–water partition coefficient (Wildman–Crippen LogP) is 1.88. The molecule has 84 valence electrons. The summed E-state index contributed by atoms with van der Waals surface area (Å²) >= 11 is 2.12. The standard InChI is InChI=1S/C10H9IN2O2S/c1-16(14,15)9-4-2-8(3-5-9)13-7-6-10(11)12-13/h2-7H,1H3. The lowest BCUT2D eigenvalue weighted by molar-refractivity contribution is 0.602. The molecule has 1 aromatic heterocycles. The first-order chi connectivity index (χ1) is 7.47. The normalized spacial score (nSPS) is 11.6. The van der Waals surface area contributed by atoms with Gasteiger partial charge in [-0.1, -0.05) is 0 Å². The molecule has 0 unspecified atom stereocenters. The molecule has 0 aliphatic carbocycles. The molecular weight excluding hydrogens is 339 g/mol. The van der Waals surface area contributed by atoms with E-state index in [-0.39, 0.29) is 0 Å². The van der Waals surface area contributed by atoms with E-state index in [0.29, 0.717) is 4.90 Å². The number of aromatic nitrogens is 2. The summed E-state index contributed by atoms with van der Waals surface area (Å²) < 4.78 is 25.1. The van der Waals surface area contributed by atoms with E-state index in [1.807, 2.05) is 12.3 Å². The Morgan fingerprint density at radius 3 is 2.25 bits per heavy atom. The highest BCUT2D eigenvalue weighted by Crippen LogP contribution is 2.13. The van der Waals surface area contributed by atoms with E-state index >= 15 is 0 Å². The van der Waals surface area contributed by atoms with Crippen LogP contribution in [0.4, 0.5) is 0 Å². The van der Waals surface area contributed by atoms with Gasteiger partial charge < -0.3 is 0 Å². The molecule has 2 rings (SSSR count). The molecule has 1 heterocycles. The number of rotatable bonds is 2. The molecule has 0 fully saturated rings. The highest BCUT2D eigenvalue weighted by molar-refractivity contribution is 14.1. The second-order valence-electron chi connectivity index (χ2n) is 3.35. The molecule has 0 aliphatic heterocycles. The Balaban J connectivity index is 2.40. The first-order valence-electron chi connectivity index (χ1n) is 4.48. The summed E-state index contributed by atoms with van der Waals surface area (Å²) in [5.41, 5.74) is 0.843.